The summed E-state index contributed by atoms with van der Waals surface area (Å²) in [7, 11) is 3.22. The molecule has 1 N–H and O–H groups in total. The zero-order valence-corrected chi connectivity index (χ0v) is 17.0. The van der Waals surface area contributed by atoms with Gasteiger partial charge in [0.1, 0.15) is 5.82 Å². The van der Waals surface area contributed by atoms with E-state index in [9.17, 15) is 4.79 Å². The molecule has 1 amide bonds. The molecule has 6 nitrogen and oxygen atoms in total. The molecule has 1 aliphatic rings. The first-order chi connectivity index (χ1) is 14.2. The van der Waals surface area contributed by atoms with Crippen LogP contribution in [0.2, 0.25) is 0 Å². The van der Waals surface area contributed by atoms with E-state index in [-0.39, 0.29) is 5.91 Å². The number of ether oxygens (including phenoxy) is 2. The monoisotopic (exact) mass is 393 g/mol. The lowest BCUT2D eigenvalue weighted by Gasteiger charge is -2.10. The number of nitrogens with one attached hydrogen (secondary N) is 1. The number of nitrogens with zero attached hydrogens (tertiary/aromatic N) is 2. The van der Waals surface area contributed by atoms with E-state index in [1.54, 1.807) is 14.2 Å². The molecule has 1 aromatic heterocycles. The number of methoxy groups -OCH3 is 2. The molecule has 1 aliphatic heterocycles. The van der Waals surface area contributed by atoms with Gasteiger partial charge in [0, 0.05) is 25.1 Å². The van der Waals surface area contributed by atoms with Gasteiger partial charge in [-0.3, -0.25) is 4.79 Å². The fraction of sp³-hybridized carbons (Fsp3) is 0.391. The maximum absolute atomic E-state index is 12.4. The Morgan fingerprint density at radius 3 is 2.76 bits per heavy atom. The van der Waals surface area contributed by atoms with Gasteiger partial charge < -0.3 is 19.4 Å². The van der Waals surface area contributed by atoms with Crippen molar-refractivity contribution in [2.45, 2.75) is 45.1 Å². The summed E-state index contributed by atoms with van der Waals surface area (Å²) in [6.45, 7) is 1.03. The van der Waals surface area contributed by atoms with Crippen LogP contribution in [-0.2, 0) is 24.2 Å². The summed E-state index contributed by atoms with van der Waals surface area (Å²) in [5, 5.41) is 3.00. The van der Waals surface area contributed by atoms with Crippen LogP contribution in [0, 0.1) is 0 Å². The van der Waals surface area contributed by atoms with E-state index in [1.165, 1.54) is 19.3 Å². The van der Waals surface area contributed by atoms with Gasteiger partial charge in [0.05, 0.1) is 25.3 Å². The topological polar surface area (TPSA) is 65.4 Å². The Morgan fingerprint density at radius 2 is 1.93 bits per heavy atom. The molecule has 152 valence electrons. The predicted molar refractivity (Wildman–Crippen MR) is 114 cm³/mol. The summed E-state index contributed by atoms with van der Waals surface area (Å²) >= 11 is 0. The van der Waals surface area contributed by atoms with Gasteiger partial charge in [0.2, 0.25) is 5.91 Å². The minimum Gasteiger partial charge on any atom is -0.493 e. The van der Waals surface area contributed by atoms with Gasteiger partial charge in [0.25, 0.3) is 0 Å². The molecule has 2 aromatic carbocycles. The number of carbonyl (C=O) groups is 1. The van der Waals surface area contributed by atoms with Crippen molar-refractivity contribution in [3.8, 4) is 11.5 Å². The fourth-order valence-electron chi connectivity index (χ4n) is 3.95. The van der Waals surface area contributed by atoms with Gasteiger partial charge in [-0.05, 0) is 55.2 Å². The van der Waals surface area contributed by atoms with Crippen LogP contribution in [0.5, 0.6) is 11.5 Å². The van der Waals surface area contributed by atoms with Crippen LogP contribution in [0.4, 0.5) is 5.69 Å². The molecule has 0 fully saturated rings. The molecule has 0 saturated carbocycles. The number of anilines is 1. The third kappa shape index (κ3) is 4.21. The van der Waals surface area contributed by atoms with Crippen molar-refractivity contribution in [3.63, 3.8) is 0 Å². The summed E-state index contributed by atoms with van der Waals surface area (Å²) in [5.41, 5.74) is 3.94. The van der Waals surface area contributed by atoms with Gasteiger partial charge in [-0.2, -0.15) is 0 Å². The molecule has 2 heterocycles. The average Bonchev–Trinajstić information content (AvgIpc) is 2.91. The van der Waals surface area contributed by atoms with Crippen molar-refractivity contribution in [2.24, 2.45) is 0 Å². The Bertz CT molecular complexity index is 1030. The molecule has 0 atom stereocenters. The number of fused-ring (bicyclic) bond motifs is 3. The van der Waals surface area contributed by atoms with Crippen LogP contribution in [0.1, 0.15) is 37.1 Å². The SMILES string of the molecule is COc1ccc(CCC(=O)Nc2ccc3c(c2)nc2n3CCCCC2)cc1OC. The molecule has 0 radical (unpaired) electrons. The van der Waals surface area contributed by atoms with Crippen LogP contribution >= 0.6 is 0 Å². The average molecular weight is 393 g/mol. The van der Waals surface area contributed by atoms with Crippen molar-refractivity contribution in [1.29, 1.82) is 0 Å². The molecular weight excluding hydrogens is 366 g/mol. The maximum atomic E-state index is 12.4. The first kappa shape index (κ1) is 19.3. The van der Waals surface area contributed by atoms with E-state index >= 15 is 0 Å². The van der Waals surface area contributed by atoms with Crippen LogP contribution in [0.3, 0.4) is 0 Å². The van der Waals surface area contributed by atoms with Gasteiger partial charge in [-0.25, -0.2) is 4.98 Å². The van der Waals surface area contributed by atoms with E-state index in [4.69, 9.17) is 14.5 Å². The molecule has 4 rings (SSSR count). The lowest BCUT2D eigenvalue weighted by atomic mass is 10.1. The van der Waals surface area contributed by atoms with E-state index in [0.717, 1.165) is 41.1 Å². The highest BCUT2D eigenvalue weighted by atomic mass is 16.5. The van der Waals surface area contributed by atoms with Crippen molar-refractivity contribution in [1.82, 2.24) is 9.55 Å². The second-order valence-electron chi connectivity index (χ2n) is 7.43. The molecule has 0 spiro atoms. The second-order valence-corrected chi connectivity index (χ2v) is 7.43. The number of aryl methyl sites for hydroxylation is 3. The molecule has 3 aromatic rings. The van der Waals surface area contributed by atoms with E-state index in [1.807, 2.05) is 30.3 Å². The summed E-state index contributed by atoms with van der Waals surface area (Å²) < 4.78 is 12.9. The Kier molecular flexibility index (Phi) is 5.69. The number of amides is 1. The molecule has 0 saturated heterocycles. The third-order valence-electron chi connectivity index (χ3n) is 5.48. The first-order valence-electron chi connectivity index (χ1n) is 10.2. The fourth-order valence-corrected chi connectivity index (χ4v) is 3.95. The smallest absolute Gasteiger partial charge is 0.224 e. The standard InChI is InChI=1S/C23H27N3O3/c1-28-20-11-7-16(14-21(20)29-2)8-12-23(27)24-17-9-10-19-18(15-17)25-22-6-4-3-5-13-26(19)22/h7,9-11,14-15H,3-6,8,12-13H2,1-2H3,(H,24,27). The van der Waals surface area contributed by atoms with E-state index < -0.39 is 0 Å². The van der Waals surface area contributed by atoms with Crippen LogP contribution < -0.4 is 14.8 Å². The number of hydrogen-bond donors (Lipinski definition) is 1. The Morgan fingerprint density at radius 1 is 1.07 bits per heavy atom. The lowest BCUT2D eigenvalue weighted by molar-refractivity contribution is -0.116. The van der Waals surface area contributed by atoms with Crippen LogP contribution in [0.15, 0.2) is 36.4 Å². The molecule has 0 aliphatic carbocycles. The zero-order chi connectivity index (χ0) is 20.2. The Balaban J connectivity index is 1.41. The van der Waals surface area contributed by atoms with Gasteiger partial charge >= 0.3 is 0 Å². The molecule has 6 heteroatoms. The Labute approximate surface area is 170 Å². The highest BCUT2D eigenvalue weighted by Gasteiger charge is 2.14. The molecule has 0 bridgehead atoms. The largest absolute Gasteiger partial charge is 0.493 e. The van der Waals surface area contributed by atoms with Crippen molar-refractivity contribution < 1.29 is 14.3 Å². The summed E-state index contributed by atoms with van der Waals surface area (Å²) in [4.78, 5) is 17.2. The van der Waals surface area contributed by atoms with Crippen molar-refractivity contribution >= 4 is 22.6 Å². The normalized spacial score (nSPS) is 13.6. The maximum Gasteiger partial charge on any atom is 0.224 e. The van der Waals surface area contributed by atoms with Gasteiger partial charge in [-0.15, -0.1) is 0 Å². The summed E-state index contributed by atoms with van der Waals surface area (Å²) in [6.07, 6.45) is 5.72. The molecule has 29 heavy (non-hydrogen) atoms. The third-order valence-corrected chi connectivity index (χ3v) is 5.48. The summed E-state index contributed by atoms with van der Waals surface area (Å²) in [6, 6.07) is 11.8. The second kappa shape index (κ2) is 8.55. The highest BCUT2D eigenvalue weighted by molar-refractivity contribution is 5.93. The predicted octanol–water partition coefficient (Wildman–Crippen LogP) is 4.35. The zero-order valence-electron chi connectivity index (χ0n) is 17.0. The number of hydrogen-bond acceptors (Lipinski definition) is 4. The van der Waals surface area contributed by atoms with E-state index in [0.29, 0.717) is 24.3 Å². The van der Waals surface area contributed by atoms with Crippen molar-refractivity contribution in [3.05, 3.63) is 47.8 Å². The first-order valence-corrected chi connectivity index (χ1v) is 10.2. The molecular formula is C23H27N3O3. The minimum absolute atomic E-state index is 0.0140. The van der Waals surface area contributed by atoms with Crippen LogP contribution in [-0.4, -0.2) is 29.7 Å². The number of rotatable bonds is 6. The van der Waals surface area contributed by atoms with Gasteiger partial charge in [-0.1, -0.05) is 12.5 Å². The number of benzene rings is 2. The quantitative estimate of drug-likeness (QED) is 0.676. The highest BCUT2D eigenvalue weighted by Crippen LogP contribution is 2.28. The number of aromatic nitrogens is 2. The number of imidazole rings is 1. The lowest BCUT2D eigenvalue weighted by Crippen LogP contribution is -2.12. The summed E-state index contributed by atoms with van der Waals surface area (Å²) in [5.74, 6) is 2.51. The number of carbonyl (C=O) groups excluding carboxylic acids is 1. The van der Waals surface area contributed by atoms with Crippen LogP contribution in [0.25, 0.3) is 11.0 Å². The Hall–Kier alpha value is -3.02. The minimum atomic E-state index is -0.0140. The van der Waals surface area contributed by atoms with E-state index in [2.05, 4.69) is 16.0 Å². The van der Waals surface area contributed by atoms with Crippen molar-refractivity contribution in [2.75, 3.05) is 19.5 Å². The molecule has 0 unspecified atom stereocenters. The van der Waals surface area contributed by atoms with Gasteiger partial charge in [0.15, 0.2) is 11.5 Å².